The van der Waals surface area contributed by atoms with Gasteiger partial charge in [0.2, 0.25) is 0 Å². The van der Waals surface area contributed by atoms with Crippen molar-refractivity contribution in [2.75, 3.05) is 11.8 Å². The van der Waals surface area contributed by atoms with E-state index in [1.165, 1.54) is 25.3 Å². The lowest BCUT2D eigenvalue weighted by atomic mass is 10.1. The Labute approximate surface area is 150 Å². The maximum absolute atomic E-state index is 13.7. The first-order valence-electron chi connectivity index (χ1n) is 7.71. The summed E-state index contributed by atoms with van der Waals surface area (Å²) >= 11 is 0. The van der Waals surface area contributed by atoms with Crippen LogP contribution in [0.15, 0.2) is 51.9 Å². The van der Waals surface area contributed by atoms with Crippen molar-refractivity contribution in [2.24, 2.45) is 0 Å². The summed E-state index contributed by atoms with van der Waals surface area (Å²) in [6.07, 6.45) is 0. The van der Waals surface area contributed by atoms with Gasteiger partial charge >= 0.3 is 0 Å². The van der Waals surface area contributed by atoms with Gasteiger partial charge in [-0.2, -0.15) is 0 Å². The standard InChI is InChI=1S/C18H17FN2O4S/c1-11-4-6-14(10-15(11)19)21-26(22,23)18-7-5-13(9-17(18)24-3)16-8-12(2)20-25-16/h4-10,21H,1-3H3. The number of rotatable bonds is 5. The van der Waals surface area contributed by atoms with E-state index in [-0.39, 0.29) is 16.3 Å². The van der Waals surface area contributed by atoms with E-state index >= 15 is 0 Å². The number of nitrogens with zero attached hydrogens (tertiary/aromatic N) is 1. The number of nitrogens with one attached hydrogen (secondary N) is 1. The van der Waals surface area contributed by atoms with E-state index in [9.17, 15) is 12.8 Å². The molecule has 0 radical (unpaired) electrons. The van der Waals surface area contributed by atoms with Crippen LogP contribution in [0.25, 0.3) is 11.3 Å². The molecule has 1 aromatic heterocycles. The minimum absolute atomic E-state index is 0.0685. The van der Waals surface area contributed by atoms with E-state index < -0.39 is 15.8 Å². The highest BCUT2D eigenvalue weighted by atomic mass is 32.2. The van der Waals surface area contributed by atoms with Crippen molar-refractivity contribution in [3.63, 3.8) is 0 Å². The summed E-state index contributed by atoms with van der Waals surface area (Å²) in [7, 11) is -2.60. The van der Waals surface area contributed by atoms with Crippen molar-refractivity contribution in [1.29, 1.82) is 0 Å². The summed E-state index contributed by atoms with van der Waals surface area (Å²) in [4.78, 5) is -0.0685. The van der Waals surface area contributed by atoms with Crippen LogP contribution in [0.3, 0.4) is 0 Å². The predicted octanol–water partition coefficient (Wildman–Crippen LogP) is 3.91. The molecule has 0 atom stereocenters. The number of methoxy groups -OCH3 is 1. The van der Waals surface area contributed by atoms with Crippen molar-refractivity contribution in [2.45, 2.75) is 18.7 Å². The van der Waals surface area contributed by atoms with Crippen molar-refractivity contribution in [3.05, 3.63) is 59.5 Å². The second-order valence-corrected chi connectivity index (χ2v) is 7.42. The highest BCUT2D eigenvalue weighted by Crippen LogP contribution is 2.31. The van der Waals surface area contributed by atoms with Gasteiger partial charge in [-0.1, -0.05) is 11.2 Å². The molecule has 6 nitrogen and oxygen atoms in total. The number of hydrogen-bond acceptors (Lipinski definition) is 5. The van der Waals surface area contributed by atoms with Crippen molar-refractivity contribution < 1.29 is 22.1 Å². The zero-order chi connectivity index (χ0) is 18.9. The fraction of sp³-hybridized carbons (Fsp3) is 0.167. The Morgan fingerprint density at radius 3 is 2.50 bits per heavy atom. The van der Waals surface area contributed by atoms with Crippen LogP contribution in [0.5, 0.6) is 5.75 Å². The van der Waals surface area contributed by atoms with Gasteiger partial charge in [-0.3, -0.25) is 4.72 Å². The van der Waals surface area contributed by atoms with Gasteiger partial charge in [0.15, 0.2) is 5.76 Å². The Balaban J connectivity index is 1.97. The Kier molecular flexibility index (Phi) is 4.69. The van der Waals surface area contributed by atoms with Crippen LogP contribution < -0.4 is 9.46 Å². The molecule has 0 saturated heterocycles. The minimum Gasteiger partial charge on any atom is -0.495 e. The van der Waals surface area contributed by atoms with Crippen LogP contribution in [0.2, 0.25) is 0 Å². The Morgan fingerprint density at radius 2 is 1.88 bits per heavy atom. The number of aromatic nitrogens is 1. The van der Waals surface area contributed by atoms with Crippen LogP contribution in [0, 0.1) is 19.7 Å². The molecule has 8 heteroatoms. The lowest BCUT2D eigenvalue weighted by Crippen LogP contribution is -2.14. The molecule has 0 aliphatic rings. The first kappa shape index (κ1) is 17.9. The Hall–Kier alpha value is -2.87. The summed E-state index contributed by atoms with van der Waals surface area (Å²) in [6, 6.07) is 10.4. The van der Waals surface area contributed by atoms with E-state index in [0.717, 1.165) is 6.07 Å². The van der Waals surface area contributed by atoms with E-state index in [4.69, 9.17) is 9.26 Å². The number of ether oxygens (including phenoxy) is 1. The fourth-order valence-corrected chi connectivity index (χ4v) is 3.61. The number of benzene rings is 2. The Bertz CT molecular complexity index is 1060. The predicted molar refractivity (Wildman–Crippen MR) is 95.2 cm³/mol. The van der Waals surface area contributed by atoms with Gasteiger partial charge in [-0.05, 0) is 49.7 Å². The van der Waals surface area contributed by atoms with Crippen LogP contribution in [0.4, 0.5) is 10.1 Å². The van der Waals surface area contributed by atoms with Gasteiger partial charge in [0, 0.05) is 11.6 Å². The topological polar surface area (TPSA) is 81.4 Å². The lowest BCUT2D eigenvalue weighted by Gasteiger charge is -2.13. The number of halogens is 1. The van der Waals surface area contributed by atoms with Gasteiger partial charge in [-0.25, -0.2) is 12.8 Å². The summed E-state index contributed by atoms with van der Waals surface area (Å²) in [6.45, 7) is 3.38. The monoisotopic (exact) mass is 376 g/mol. The van der Waals surface area contributed by atoms with Gasteiger partial charge < -0.3 is 9.26 Å². The molecule has 136 valence electrons. The summed E-state index contributed by atoms with van der Waals surface area (Å²) in [5, 5.41) is 3.81. The SMILES string of the molecule is COc1cc(-c2cc(C)no2)ccc1S(=O)(=O)Nc1ccc(C)c(F)c1. The van der Waals surface area contributed by atoms with Crippen LogP contribution in [-0.2, 0) is 10.0 Å². The van der Waals surface area contributed by atoms with E-state index in [0.29, 0.717) is 22.6 Å². The average molecular weight is 376 g/mol. The van der Waals surface area contributed by atoms with Crippen molar-refractivity contribution >= 4 is 15.7 Å². The molecule has 2 aromatic carbocycles. The molecule has 3 rings (SSSR count). The molecule has 0 bridgehead atoms. The molecule has 0 aliphatic carbocycles. The largest absolute Gasteiger partial charge is 0.495 e. The van der Waals surface area contributed by atoms with Crippen molar-refractivity contribution in [3.8, 4) is 17.1 Å². The molecule has 3 aromatic rings. The molecule has 0 aliphatic heterocycles. The molecule has 26 heavy (non-hydrogen) atoms. The summed E-state index contributed by atoms with van der Waals surface area (Å²) in [5.74, 6) is 0.142. The zero-order valence-electron chi connectivity index (χ0n) is 14.4. The molecule has 0 fully saturated rings. The number of anilines is 1. The fourth-order valence-electron chi connectivity index (χ4n) is 2.41. The molecule has 0 amide bonds. The Morgan fingerprint density at radius 1 is 1.12 bits per heavy atom. The number of hydrogen-bond donors (Lipinski definition) is 1. The second-order valence-electron chi connectivity index (χ2n) is 5.77. The van der Waals surface area contributed by atoms with E-state index in [2.05, 4.69) is 9.88 Å². The number of sulfonamides is 1. The molecule has 0 saturated carbocycles. The average Bonchev–Trinajstić information content (AvgIpc) is 3.04. The molecular weight excluding hydrogens is 359 g/mol. The highest BCUT2D eigenvalue weighted by Gasteiger charge is 2.21. The molecule has 0 spiro atoms. The maximum atomic E-state index is 13.7. The quantitative estimate of drug-likeness (QED) is 0.730. The minimum atomic E-state index is -3.97. The number of aryl methyl sites for hydroxylation is 2. The zero-order valence-corrected chi connectivity index (χ0v) is 15.2. The maximum Gasteiger partial charge on any atom is 0.265 e. The third kappa shape index (κ3) is 3.55. The molecule has 0 unspecified atom stereocenters. The first-order valence-corrected chi connectivity index (χ1v) is 9.19. The van der Waals surface area contributed by atoms with Gasteiger partial charge in [0.25, 0.3) is 10.0 Å². The van der Waals surface area contributed by atoms with E-state index in [1.807, 2.05) is 0 Å². The van der Waals surface area contributed by atoms with Crippen LogP contribution in [0.1, 0.15) is 11.3 Å². The van der Waals surface area contributed by atoms with Gasteiger partial charge in [0.1, 0.15) is 16.5 Å². The summed E-state index contributed by atoms with van der Waals surface area (Å²) in [5.41, 5.74) is 1.89. The first-order chi connectivity index (χ1) is 12.3. The lowest BCUT2D eigenvalue weighted by molar-refractivity contribution is 0.402. The van der Waals surface area contributed by atoms with Crippen LogP contribution in [-0.4, -0.2) is 20.7 Å². The third-order valence-electron chi connectivity index (χ3n) is 3.79. The van der Waals surface area contributed by atoms with E-state index in [1.54, 1.807) is 32.0 Å². The van der Waals surface area contributed by atoms with Crippen molar-refractivity contribution in [1.82, 2.24) is 5.16 Å². The smallest absolute Gasteiger partial charge is 0.265 e. The third-order valence-corrected chi connectivity index (χ3v) is 5.21. The normalized spacial score (nSPS) is 11.4. The second kappa shape index (κ2) is 6.80. The molecular formula is C18H17FN2O4S. The molecule has 1 N–H and O–H groups in total. The van der Waals surface area contributed by atoms with Gasteiger partial charge in [0.05, 0.1) is 18.5 Å². The van der Waals surface area contributed by atoms with Gasteiger partial charge in [-0.15, -0.1) is 0 Å². The highest BCUT2D eigenvalue weighted by molar-refractivity contribution is 7.92. The van der Waals surface area contributed by atoms with Crippen LogP contribution >= 0.6 is 0 Å². The summed E-state index contributed by atoms with van der Waals surface area (Å²) < 4.78 is 51.8. The molecule has 1 heterocycles.